The minimum atomic E-state index is -2.85. The van der Waals surface area contributed by atoms with Crippen molar-refractivity contribution in [2.24, 2.45) is 11.0 Å². The number of methoxy groups -OCH3 is 1. The number of nitrogens with one attached hydrogen (secondary N) is 2. The van der Waals surface area contributed by atoms with Gasteiger partial charge < -0.3 is 4.74 Å². The number of thioether (sulfide) groups is 1. The van der Waals surface area contributed by atoms with Gasteiger partial charge in [0.15, 0.2) is 10.5 Å². The third-order valence-electron chi connectivity index (χ3n) is 5.79. The maximum atomic E-state index is 13.5. The molecule has 1 fully saturated rings. The molecule has 0 saturated heterocycles. The number of amidine groups is 1. The minimum absolute atomic E-state index is 0.0648. The van der Waals surface area contributed by atoms with Crippen molar-refractivity contribution < 1.29 is 18.3 Å². The lowest BCUT2D eigenvalue weighted by molar-refractivity contribution is 0.0978. The summed E-state index contributed by atoms with van der Waals surface area (Å²) in [5.74, 6) is 6.47. The first kappa shape index (κ1) is 28.8. The second kappa shape index (κ2) is 12.7. The summed E-state index contributed by atoms with van der Waals surface area (Å²) in [6.07, 6.45) is 3.40. The van der Waals surface area contributed by atoms with Crippen LogP contribution >= 0.6 is 11.8 Å². The topological polar surface area (TPSA) is 111 Å². The number of ether oxygens (including phenoxy) is 1. The zero-order chi connectivity index (χ0) is 28.8. The fourth-order valence-electron chi connectivity index (χ4n) is 3.69. The van der Waals surface area contributed by atoms with Crippen LogP contribution in [0.25, 0.3) is 16.9 Å². The van der Waals surface area contributed by atoms with Crippen molar-refractivity contribution in [3.05, 3.63) is 70.0 Å². The summed E-state index contributed by atoms with van der Waals surface area (Å²) < 4.78 is 33.8. The molecular formula is C28H28F2N6O3S. The molecular weight excluding hydrogens is 538 g/mol. The summed E-state index contributed by atoms with van der Waals surface area (Å²) in [5.41, 5.74) is 3.32. The Hall–Kier alpha value is -4.24. The Kier molecular flexibility index (Phi) is 9.16. The molecule has 1 aliphatic heterocycles. The van der Waals surface area contributed by atoms with E-state index >= 15 is 0 Å². The van der Waals surface area contributed by atoms with Gasteiger partial charge in [0, 0.05) is 35.5 Å². The highest BCUT2D eigenvalue weighted by molar-refractivity contribution is 8.14. The molecule has 0 spiro atoms. The van der Waals surface area contributed by atoms with Crippen molar-refractivity contribution in [3.8, 4) is 34.5 Å². The van der Waals surface area contributed by atoms with Gasteiger partial charge in [-0.1, -0.05) is 31.8 Å². The van der Waals surface area contributed by atoms with Crippen LogP contribution < -0.4 is 21.0 Å². The smallest absolute Gasteiger partial charge is 0.280 e. The molecule has 9 nitrogen and oxygen atoms in total. The largest absolute Gasteiger partial charge is 0.494 e. The van der Waals surface area contributed by atoms with E-state index in [1.807, 2.05) is 20.8 Å². The number of hydrogen-bond donors (Lipinski definition) is 2. The summed E-state index contributed by atoms with van der Waals surface area (Å²) in [5, 5.41) is 6.89. The molecule has 1 unspecified atom stereocenters. The monoisotopic (exact) mass is 566 g/mol. The van der Waals surface area contributed by atoms with E-state index in [1.165, 1.54) is 48.0 Å². The predicted molar refractivity (Wildman–Crippen MR) is 151 cm³/mol. The van der Waals surface area contributed by atoms with E-state index in [9.17, 15) is 18.4 Å². The maximum Gasteiger partial charge on any atom is 0.280 e. The van der Waals surface area contributed by atoms with Crippen LogP contribution in [0.5, 0.6) is 5.75 Å². The Morgan fingerprint density at radius 3 is 2.65 bits per heavy atom. The van der Waals surface area contributed by atoms with Crippen molar-refractivity contribution in [1.82, 2.24) is 25.3 Å². The van der Waals surface area contributed by atoms with Gasteiger partial charge in [-0.25, -0.2) is 13.8 Å². The first-order chi connectivity index (χ1) is 19.3. The number of aromatic nitrogens is 3. The molecule has 3 aromatic rings. The Bertz CT molecular complexity index is 1560. The number of nitrogens with zero attached hydrogens (tertiary/aromatic N) is 4. The molecule has 0 aromatic carbocycles. The highest BCUT2D eigenvalue weighted by atomic mass is 32.2. The first-order valence-electron chi connectivity index (χ1n) is 12.7. The van der Waals surface area contributed by atoms with Gasteiger partial charge >= 0.3 is 0 Å². The molecule has 3 aromatic heterocycles. The fourth-order valence-corrected chi connectivity index (χ4v) is 4.40. The Morgan fingerprint density at radius 2 is 1.95 bits per heavy atom. The molecule has 2 aliphatic rings. The highest BCUT2D eigenvalue weighted by Gasteiger charge is 2.25. The zero-order valence-electron chi connectivity index (χ0n) is 22.4. The molecule has 5 rings (SSSR count). The zero-order valence-corrected chi connectivity index (χ0v) is 23.2. The van der Waals surface area contributed by atoms with Crippen LogP contribution in [0.3, 0.4) is 0 Å². The third-order valence-corrected chi connectivity index (χ3v) is 6.67. The van der Waals surface area contributed by atoms with Crippen molar-refractivity contribution in [2.75, 3.05) is 7.11 Å². The van der Waals surface area contributed by atoms with Crippen molar-refractivity contribution in [1.29, 1.82) is 0 Å². The molecule has 2 N–H and O–H groups in total. The molecule has 1 amide bonds. The van der Waals surface area contributed by atoms with Crippen LogP contribution in [0.15, 0.2) is 52.8 Å². The SMILES string of the molecule is CC.COc1cnc(C(F)F)cc1-c1cc(-n2cc(C)ccc2=O)ncc1C(=O)NC1=NNC(C#CC2CC2)S1. The molecule has 4 heterocycles. The van der Waals surface area contributed by atoms with E-state index in [-0.39, 0.29) is 39.2 Å². The van der Waals surface area contributed by atoms with Gasteiger partial charge in [-0.05, 0) is 49.2 Å². The maximum absolute atomic E-state index is 13.5. The average Bonchev–Trinajstić information content (AvgIpc) is 3.70. The number of amides is 1. The summed E-state index contributed by atoms with van der Waals surface area (Å²) in [6, 6.07) is 5.70. The molecule has 40 heavy (non-hydrogen) atoms. The Labute approximate surface area is 234 Å². The van der Waals surface area contributed by atoms with E-state index in [2.05, 4.69) is 37.7 Å². The van der Waals surface area contributed by atoms with E-state index in [4.69, 9.17) is 4.74 Å². The normalized spacial score (nSPS) is 15.7. The van der Waals surface area contributed by atoms with Gasteiger partial charge in [0.25, 0.3) is 17.9 Å². The Balaban J connectivity index is 0.00000181. The fraction of sp³-hybridized carbons (Fsp3) is 0.321. The van der Waals surface area contributed by atoms with E-state index in [0.29, 0.717) is 11.1 Å². The molecule has 0 bridgehead atoms. The lowest BCUT2D eigenvalue weighted by atomic mass is 10.00. The average molecular weight is 567 g/mol. The minimum Gasteiger partial charge on any atom is -0.494 e. The lowest BCUT2D eigenvalue weighted by Gasteiger charge is -2.16. The summed E-state index contributed by atoms with van der Waals surface area (Å²) in [7, 11) is 1.37. The first-order valence-corrected chi connectivity index (χ1v) is 13.5. The van der Waals surface area contributed by atoms with E-state index in [1.54, 1.807) is 12.3 Å². The van der Waals surface area contributed by atoms with Crippen molar-refractivity contribution in [3.63, 3.8) is 0 Å². The van der Waals surface area contributed by atoms with Gasteiger partial charge in [-0.3, -0.25) is 29.9 Å². The third kappa shape index (κ3) is 6.66. The molecule has 0 radical (unpaired) electrons. The number of hydrazone groups is 1. The molecule has 1 aliphatic carbocycles. The number of halogens is 2. The van der Waals surface area contributed by atoms with Gasteiger partial charge in [0.1, 0.15) is 17.3 Å². The van der Waals surface area contributed by atoms with Crippen LogP contribution in [-0.4, -0.2) is 38.1 Å². The second-order valence-electron chi connectivity index (χ2n) is 8.67. The van der Waals surface area contributed by atoms with E-state index in [0.717, 1.165) is 24.5 Å². The lowest BCUT2D eigenvalue weighted by Crippen LogP contribution is -2.28. The number of carbonyl (C=O) groups is 1. The van der Waals surface area contributed by atoms with E-state index < -0.39 is 18.0 Å². The number of rotatable bonds is 5. The van der Waals surface area contributed by atoms with Crippen molar-refractivity contribution in [2.45, 2.75) is 45.4 Å². The summed E-state index contributed by atoms with van der Waals surface area (Å²) >= 11 is 1.26. The molecule has 1 saturated carbocycles. The quantitative estimate of drug-likeness (QED) is 0.433. The van der Waals surface area contributed by atoms with Crippen molar-refractivity contribution >= 4 is 22.8 Å². The van der Waals surface area contributed by atoms with Crippen LogP contribution in [-0.2, 0) is 0 Å². The molecule has 208 valence electrons. The summed E-state index contributed by atoms with van der Waals surface area (Å²) in [4.78, 5) is 34.0. The van der Waals surface area contributed by atoms with Gasteiger partial charge in [-0.2, -0.15) is 5.10 Å². The number of carbonyl (C=O) groups excluding carboxylic acids is 1. The number of pyridine rings is 3. The predicted octanol–water partition coefficient (Wildman–Crippen LogP) is 4.65. The molecule has 1 atom stereocenters. The van der Waals surface area contributed by atoms with Crippen LogP contribution in [0.4, 0.5) is 8.78 Å². The number of hydrogen-bond acceptors (Lipinski definition) is 8. The van der Waals surface area contributed by atoms with Gasteiger partial charge in [-0.15, -0.1) is 0 Å². The van der Waals surface area contributed by atoms with Gasteiger partial charge in [0.2, 0.25) is 0 Å². The summed E-state index contributed by atoms with van der Waals surface area (Å²) in [6.45, 7) is 5.82. The molecule has 12 heteroatoms. The number of aryl methyl sites for hydroxylation is 1. The highest BCUT2D eigenvalue weighted by Crippen LogP contribution is 2.35. The number of alkyl halides is 2. The van der Waals surface area contributed by atoms with Crippen LogP contribution in [0, 0.1) is 24.7 Å². The standard InChI is InChI=1S/C26H22F2N6O3S.C2H6/c1-14-3-8-23(35)34(13-14)21-10-16(17-9-19(24(27)28)29-12-20(17)37-2)18(11-30-21)25(36)31-26-33-32-22(38-26)7-6-15-4-5-15;1-2/h3,8-13,15,22,24,32H,4-5H2,1-2H3,(H,31,33,36);1-2H3. The second-order valence-corrected chi connectivity index (χ2v) is 9.77. The van der Waals surface area contributed by atoms with Crippen LogP contribution in [0.2, 0.25) is 0 Å². The Morgan fingerprint density at radius 1 is 1.18 bits per heavy atom. The van der Waals surface area contributed by atoms with Gasteiger partial charge in [0.05, 0.1) is 18.9 Å². The van der Waals surface area contributed by atoms with Crippen LogP contribution in [0.1, 0.15) is 54.7 Å².